The molecule has 0 atom stereocenters. The van der Waals surface area contributed by atoms with Crippen LogP contribution in [-0.4, -0.2) is 4.98 Å². The Morgan fingerprint density at radius 2 is 1.81 bits per heavy atom. The van der Waals surface area contributed by atoms with Gasteiger partial charge in [-0.3, -0.25) is 0 Å². The number of hydrogen-bond donors (Lipinski definition) is 2. The van der Waals surface area contributed by atoms with Crippen LogP contribution in [0, 0.1) is 13.8 Å². The SMILES string of the molecule is Cc1ccc(-c2csc(Nc3ccc(N)cc3C)n2)cc1. The van der Waals surface area contributed by atoms with E-state index < -0.39 is 0 Å². The number of nitrogens with zero attached hydrogens (tertiary/aromatic N) is 1. The maximum absolute atomic E-state index is 5.77. The molecule has 0 saturated carbocycles. The minimum atomic E-state index is 0.775. The van der Waals surface area contributed by atoms with Crippen LogP contribution in [0.5, 0.6) is 0 Å². The highest BCUT2D eigenvalue weighted by Crippen LogP contribution is 2.28. The van der Waals surface area contributed by atoms with Crippen LogP contribution in [0.3, 0.4) is 0 Å². The number of nitrogens with one attached hydrogen (secondary N) is 1. The molecule has 1 aromatic heterocycles. The summed E-state index contributed by atoms with van der Waals surface area (Å²) in [5, 5.41) is 6.31. The fourth-order valence-corrected chi connectivity index (χ4v) is 2.86. The van der Waals surface area contributed by atoms with Gasteiger partial charge in [0, 0.05) is 22.3 Å². The number of hydrogen-bond acceptors (Lipinski definition) is 4. The minimum Gasteiger partial charge on any atom is -0.399 e. The zero-order chi connectivity index (χ0) is 14.8. The number of nitrogens with two attached hydrogens (primary N) is 1. The van der Waals surface area contributed by atoms with E-state index >= 15 is 0 Å². The monoisotopic (exact) mass is 295 g/mol. The van der Waals surface area contributed by atoms with E-state index in [0.29, 0.717) is 0 Å². The Morgan fingerprint density at radius 3 is 2.52 bits per heavy atom. The fourth-order valence-electron chi connectivity index (χ4n) is 2.13. The Labute approximate surface area is 128 Å². The van der Waals surface area contributed by atoms with Crippen molar-refractivity contribution in [3.05, 3.63) is 59.0 Å². The van der Waals surface area contributed by atoms with Crippen molar-refractivity contribution in [1.29, 1.82) is 0 Å². The van der Waals surface area contributed by atoms with Crippen LogP contribution in [0.1, 0.15) is 11.1 Å². The van der Waals surface area contributed by atoms with E-state index in [-0.39, 0.29) is 0 Å². The number of anilines is 3. The molecule has 0 spiro atoms. The molecule has 2 aromatic carbocycles. The van der Waals surface area contributed by atoms with Crippen molar-refractivity contribution < 1.29 is 0 Å². The summed E-state index contributed by atoms with van der Waals surface area (Å²) in [5.41, 5.74) is 12.1. The average molecular weight is 295 g/mol. The molecular formula is C17H17N3S. The van der Waals surface area contributed by atoms with Crippen LogP contribution >= 0.6 is 11.3 Å². The molecule has 3 rings (SSSR count). The van der Waals surface area contributed by atoms with E-state index in [1.54, 1.807) is 11.3 Å². The number of aryl methyl sites for hydroxylation is 2. The third-order valence-corrected chi connectivity index (χ3v) is 4.10. The van der Waals surface area contributed by atoms with E-state index in [1.807, 2.05) is 25.1 Å². The lowest BCUT2D eigenvalue weighted by Crippen LogP contribution is -1.94. The predicted molar refractivity (Wildman–Crippen MR) is 91.2 cm³/mol. The lowest BCUT2D eigenvalue weighted by atomic mass is 10.1. The fraction of sp³-hybridized carbons (Fsp3) is 0.118. The first-order valence-corrected chi connectivity index (χ1v) is 7.65. The zero-order valence-corrected chi connectivity index (χ0v) is 12.9. The van der Waals surface area contributed by atoms with E-state index in [1.165, 1.54) is 5.56 Å². The standard InChI is InChI=1S/C17H17N3S/c1-11-3-5-13(6-4-11)16-10-21-17(20-16)19-15-8-7-14(18)9-12(15)2/h3-10H,18H2,1-2H3,(H,19,20). The summed E-state index contributed by atoms with van der Waals surface area (Å²) >= 11 is 1.60. The summed E-state index contributed by atoms with van der Waals surface area (Å²) in [4.78, 5) is 4.65. The molecule has 0 fully saturated rings. The van der Waals surface area contributed by atoms with Gasteiger partial charge in [0.25, 0.3) is 0 Å². The molecule has 3 nitrogen and oxygen atoms in total. The van der Waals surface area contributed by atoms with E-state index in [9.17, 15) is 0 Å². The van der Waals surface area contributed by atoms with Crippen LogP contribution in [0.15, 0.2) is 47.8 Å². The topological polar surface area (TPSA) is 50.9 Å². The Kier molecular flexibility index (Phi) is 3.62. The molecule has 0 saturated heterocycles. The molecular weight excluding hydrogens is 278 g/mol. The molecule has 0 aliphatic rings. The molecule has 0 amide bonds. The van der Waals surface area contributed by atoms with Crippen molar-refractivity contribution in [3.63, 3.8) is 0 Å². The van der Waals surface area contributed by atoms with Crippen molar-refractivity contribution >= 4 is 27.8 Å². The molecule has 3 N–H and O–H groups in total. The van der Waals surface area contributed by atoms with Crippen molar-refractivity contribution in [2.24, 2.45) is 0 Å². The lowest BCUT2D eigenvalue weighted by Gasteiger charge is -2.07. The number of rotatable bonds is 3. The number of benzene rings is 2. The van der Waals surface area contributed by atoms with Gasteiger partial charge >= 0.3 is 0 Å². The molecule has 3 aromatic rings. The first-order valence-electron chi connectivity index (χ1n) is 6.77. The third kappa shape index (κ3) is 3.06. The first kappa shape index (κ1) is 13.6. The first-order chi connectivity index (χ1) is 10.1. The Morgan fingerprint density at radius 1 is 1.05 bits per heavy atom. The van der Waals surface area contributed by atoms with Crippen LogP contribution in [0.2, 0.25) is 0 Å². The van der Waals surface area contributed by atoms with Crippen molar-refractivity contribution in [2.45, 2.75) is 13.8 Å². The second-order valence-electron chi connectivity index (χ2n) is 5.10. The number of aromatic nitrogens is 1. The molecule has 0 bridgehead atoms. The van der Waals surface area contributed by atoms with Crippen molar-refractivity contribution in [1.82, 2.24) is 4.98 Å². The smallest absolute Gasteiger partial charge is 0.187 e. The summed E-state index contributed by atoms with van der Waals surface area (Å²) in [7, 11) is 0. The van der Waals surface area contributed by atoms with Gasteiger partial charge in [0.15, 0.2) is 5.13 Å². The quantitative estimate of drug-likeness (QED) is 0.685. The maximum atomic E-state index is 5.77. The van der Waals surface area contributed by atoms with Crippen LogP contribution in [0.25, 0.3) is 11.3 Å². The Balaban J connectivity index is 1.83. The van der Waals surface area contributed by atoms with Crippen molar-refractivity contribution in [2.75, 3.05) is 11.1 Å². The molecule has 106 valence electrons. The van der Waals surface area contributed by atoms with Crippen LogP contribution in [-0.2, 0) is 0 Å². The van der Waals surface area contributed by atoms with Gasteiger partial charge in [-0.05, 0) is 37.6 Å². The summed E-state index contributed by atoms with van der Waals surface area (Å²) in [5.74, 6) is 0. The highest BCUT2D eigenvalue weighted by molar-refractivity contribution is 7.14. The van der Waals surface area contributed by atoms with Gasteiger partial charge in [0.2, 0.25) is 0 Å². The molecule has 0 aliphatic carbocycles. The molecule has 0 radical (unpaired) electrons. The third-order valence-electron chi connectivity index (χ3n) is 3.34. The highest BCUT2D eigenvalue weighted by Gasteiger charge is 2.06. The maximum Gasteiger partial charge on any atom is 0.187 e. The van der Waals surface area contributed by atoms with Gasteiger partial charge < -0.3 is 11.1 Å². The largest absolute Gasteiger partial charge is 0.399 e. The van der Waals surface area contributed by atoms with E-state index in [4.69, 9.17) is 5.73 Å². The molecule has 21 heavy (non-hydrogen) atoms. The van der Waals surface area contributed by atoms with Gasteiger partial charge in [-0.1, -0.05) is 29.8 Å². The van der Waals surface area contributed by atoms with Gasteiger partial charge in [0.05, 0.1) is 5.69 Å². The number of nitrogen functional groups attached to an aromatic ring is 1. The molecule has 1 heterocycles. The predicted octanol–water partition coefficient (Wildman–Crippen LogP) is 4.75. The summed E-state index contributed by atoms with van der Waals surface area (Å²) in [6.45, 7) is 4.12. The molecule has 4 heteroatoms. The molecule has 0 aliphatic heterocycles. The van der Waals surface area contributed by atoms with Crippen LogP contribution in [0.4, 0.5) is 16.5 Å². The minimum absolute atomic E-state index is 0.775. The highest BCUT2D eigenvalue weighted by atomic mass is 32.1. The van der Waals surface area contributed by atoms with Crippen molar-refractivity contribution in [3.8, 4) is 11.3 Å². The second kappa shape index (κ2) is 5.58. The summed E-state index contributed by atoms with van der Waals surface area (Å²) in [6.07, 6.45) is 0. The number of thiazole rings is 1. The average Bonchev–Trinajstić information content (AvgIpc) is 2.91. The Bertz CT molecular complexity index is 760. The summed E-state index contributed by atoms with van der Waals surface area (Å²) < 4.78 is 0. The van der Waals surface area contributed by atoms with Gasteiger partial charge in [-0.15, -0.1) is 11.3 Å². The van der Waals surface area contributed by atoms with Gasteiger partial charge in [-0.25, -0.2) is 4.98 Å². The lowest BCUT2D eigenvalue weighted by molar-refractivity contribution is 1.36. The van der Waals surface area contributed by atoms with Crippen LogP contribution < -0.4 is 11.1 Å². The van der Waals surface area contributed by atoms with E-state index in [0.717, 1.165) is 33.3 Å². The zero-order valence-electron chi connectivity index (χ0n) is 12.1. The normalized spacial score (nSPS) is 10.6. The second-order valence-corrected chi connectivity index (χ2v) is 5.96. The van der Waals surface area contributed by atoms with Gasteiger partial charge in [-0.2, -0.15) is 0 Å². The summed E-state index contributed by atoms with van der Waals surface area (Å²) in [6, 6.07) is 14.2. The van der Waals surface area contributed by atoms with Gasteiger partial charge in [0.1, 0.15) is 0 Å². The Hall–Kier alpha value is -2.33. The van der Waals surface area contributed by atoms with E-state index in [2.05, 4.69) is 46.9 Å². The molecule has 0 unspecified atom stereocenters.